The van der Waals surface area contributed by atoms with Crippen LogP contribution in [0.15, 0.2) is 53.6 Å². The summed E-state index contributed by atoms with van der Waals surface area (Å²) in [5.41, 5.74) is 3.46. The lowest BCUT2D eigenvalue weighted by Gasteiger charge is -2.04. The normalized spacial score (nSPS) is 10.6. The van der Waals surface area contributed by atoms with Crippen molar-refractivity contribution in [3.8, 4) is 0 Å². The molecule has 0 atom stereocenters. The standard InChI is InChI=1S/C15H13F2N3O/c16-13-7-6-11(8-14(13)17)9-19-20-15(21)10-18-12-4-2-1-3-5-12/h1-9,18H,10H2,(H,20,21)/b19-9+. The van der Waals surface area contributed by atoms with Crippen LogP contribution in [-0.4, -0.2) is 18.7 Å². The van der Waals surface area contributed by atoms with Gasteiger partial charge in [0.1, 0.15) is 0 Å². The van der Waals surface area contributed by atoms with Crippen LogP contribution in [0.3, 0.4) is 0 Å². The van der Waals surface area contributed by atoms with Crippen LogP contribution in [0.25, 0.3) is 0 Å². The maximum atomic E-state index is 12.9. The van der Waals surface area contributed by atoms with Gasteiger partial charge in [0.2, 0.25) is 0 Å². The number of nitrogens with zero attached hydrogens (tertiary/aromatic N) is 1. The molecule has 0 bridgehead atoms. The number of hydrazone groups is 1. The van der Waals surface area contributed by atoms with Gasteiger partial charge in [0.25, 0.3) is 5.91 Å². The second kappa shape index (κ2) is 7.14. The minimum atomic E-state index is -0.962. The molecule has 2 aromatic carbocycles. The molecule has 2 rings (SSSR count). The first-order valence-corrected chi connectivity index (χ1v) is 6.21. The van der Waals surface area contributed by atoms with Gasteiger partial charge in [-0.2, -0.15) is 5.10 Å². The van der Waals surface area contributed by atoms with E-state index in [0.717, 1.165) is 17.8 Å². The van der Waals surface area contributed by atoms with E-state index in [1.165, 1.54) is 12.3 Å². The first-order valence-electron chi connectivity index (χ1n) is 6.21. The summed E-state index contributed by atoms with van der Waals surface area (Å²) >= 11 is 0. The number of hydrogen-bond acceptors (Lipinski definition) is 3. The highest BCUT2D eigenvalue weighted by Crippen LogP contribution is 2.06. The molecular formula is C15H13F2N3O. The summed E-state index contributed by atoms with van der Waals surface area (Å²) in [5, 5.41) is 6.59. The third-order valence-electron chi connectivity index (χ3n) is 2.57. The van der Waals surface area contributed by atoms with Crippen molar-refractivity contribution in [2.45, 2.75) is 0 Å². The molecule has 0 fully saturated rings. The number of nitrogens with one attached hydrogen (secondary N) is 2. The average Bonchev–Trinajstić information content (AvgIpc) is 2.50. The van der Waals surface area contributed by atoms with E-state index in [2.05, 4.69) is 15.8 Å². The zero-order valence-corrected chi connectivity index (χ0v) is 11.0. The molecule has 0 aliphatic rings. The minimum Gasteiger partial charge on any atom is -0.376 e. The summed E-state index contributed by atoms with van der Waals surface area (Å²) in [4.78, 5) is 11.5. The zero-order valence-electron chi connectivity index (χ0n) is 11.0. The molecule has 1 amide bonds. The van der Waals surface area contributed by atoms with Gasteiger partial charge in [-0.05, 0) is 29.8 Å². The van der Waals surface area contributed by atoms with Crippen molar-refractivity contribution in [3.05, 3.63) is 65.7 Å². The van der Waals surface area contributed by atoms with Gasteiger partial charge in [0.05, 0.1) is 12.8 Å². The Hall–Kier alpha value is -2.76. The molecule has 0 aliphatic heterocycles. The van der Waals surface area contributed by atoms with Crippen LogP contribution >= 0.6 is 0 Å². The fraction of sp³-hybridized carbons (Fsp3) is 0.0667. The van der Waals surface area contributed by atoms with Crippen LogP contribution in [-0.2, 0) is 4.79 Å². The van der Waals surface area contributed by atoms with Crippen LogP contribution in [0.4, 0.5) is 14.5 Å². The fourth-order valence-electron chi connectivity index (χ4n) is 1.55. The molecule has 0 aromatic heterocycles. The van der Waals surface area contributed by atoms with Crippen molar-refractivity contribution in [1.29, 1.82) is 0 Å². The van der Waals surface area contributed by atoms with Crippen molar-refractivity contribution in [1.82, 2.24) is 5.43 Å². The van der Waals surface area contributed by atoms with Crippen LogP contribution in [0, 0.1) is 11.6 Å². The van der Waals surface area contributed by atoms with Crippen molar-refractivity contribution in [2.75, 3.05) is 11.9 Å². The fourth-order valence-corrected chi connectivity index (χ4v) is 1.55. The molecule has 0 saturated carbocycles. The SMILES string of the molecule is O=C(CNc1ccccc1)N/N=C/c1ccc(F)c(F)c1. The molecule has 0 heterocycles. The minimum absolute atomic E-state index is 0.0547. The van der Waals surface area contributed by atoms with Crippen molar-refractivity contribution in [3.63, 3.8) is 0 Å². The summed E-state index contributed by atoms with van der Waals surface area (Å²) in [5.74, 6) is -2.24. The predicted molar refractivity (Wildman–Crippen MR) is 77.0 cm³/mol. The smallest absolute Gasteiger partial charge is 0.259 e. The van der Waals surface area contributed by atoms with E-state index in [4.69, 9.17) is 0 Å². The van der Waals surface area contributed by atoms with Crippen molar-refractivity contribution >= 4 is 17.8 Å². The van der Waals surface area contributed by atoms with Crippen LogP contribution in [0.5, 0.6) is 0 Å². The number of hydrogen-bond donors (Lipinski definition) is 2. The second-order valence-electron chi connectivity index (χ2n) is 4.19. The molecule has 0 spiro atoms. The highest BCUT2D eigenvalue weighted by molar-refractivity contribution is 5.84. The second-order valence-corrected chi connectivity index (χ2v) is 4.19. The maximum Gasteiger partial charge on any atom is 0.259 e. The number of carbonyl (C=O) groups is 1. The Morgan fingerprint density at radius 1 is 1.10 bits per heavy atom. The van der Waals surface area contributed by atoms with E-state index in [-0.39, 0.29) is 12.5 Å². The third-order valence-corrected chi connectivity index (χ3v) is 2.57. The van der Waals surface area contributed by atoms with E-state index in [1.54, 1.807) is 0 Å². The highest BCUT2D eigenvalue weighted by atomic mass is 19.2. The number of benzene rings is 2. The maximum absolute atomic E-state index is 12.9. The third kappa shape index (κ3) is 4.68. The van der Waals surface area contributed by atoms with Gasteiger partial charge < -0.3 is 5.32 Å². The summed E-state index contributed by atoms with van der Waals surface area (Å²) in [6, 6.07) is 12.6. The Morgan fingerprint density at radius 2 is 1.86 bits per heavy atom. The monoisotopic (exact) mass is 289 g/mol. The first kappa shape index (κ1) is 14.6. The first-order chi connectivity index (χ1) is 10.1. The molecule has 2 aromatic rings. The summed E-state index contributed by atoms with van der Waals surface area (Å²) < 4.78 is 25.7. The highest BCUT2D eigenvalue weighted by Gasteiger charge is 2.01. The lowest BCUT2D eigenvalue weighted by molar-refractivity contribution is -0.119. The van der Waals surface area contributed by atoms with Gasteiger partial charge in [0, 0.05) is 5.69 Å². The molecule has 108 valence electrons. The van der Waals surface area contributed by atoms with Gasteiger partial charge in [-0.15, -0.1) is 0 Å². The lowest BCUT2D eigenvalue weighted by Crippen LogP contribution is -2.25. The van der Waals surface area contributed by atoms with E-state index < -0.39 is 11.6 Å². The Morgan fingerprint density at radius 3 is 2.57 bits per heavy atom. The average molecular weight is 289 g/mol. The number of halogens is 2. The van der Waals surface area contributed by atoms with Gasteiger partial charge in [-0.1, -0.05) is 24.3 Å². The van der Waals surface area contributed by atoms with Gasteiger partial charge in [-0.25, -0.2) is 14.2 Å². The molecular weight excluding hydrogens is 276 g/mol. The van der Waals surface area contributed by atoms with Crippen molar-refractivity contribution < 1.29 is 13.6 Å². The van der Waals surface area contributed by atoms with Gasteiger partial charge in [0.15, 0.2) is 11.6 Å². The van der Waals surface area contributed by atoms with E-state index >= 15 is 0 Å². The lowest BCUT2D eigenvalue weighted by atomic mass is 10.2. The molecule has 6 heteroatoms. The summed E-state index contributed by atoms with van der Waals surface area (Å²) in [6.45, 7) is 0.0547. The zero-order chi connectivity index (χ0) is 15.1. The predicted octanol–water partition coefficient (Wildman–Crippen LogP) is 2.53. The number of carbonyl (C=O) groups excluding carboxylic acids is 1. The topological polar surface area (TPSA) is 53.5 Å². The molecule has 0 unspecified atom stereocenters. The largest absolute Gasteiger partial charge is 0.376 e. The molecule has 0 radical (unpaired) electrons. The van der Waals surface area contributed by atoms with Gasteiger partial charge >= 0.3 is 0 Å². The molecule has 21 heavy (non-hydrogen) atoms. The Bertz CT molecular complexity index is 645. The van der Waals surface area contributed by atoms with E-state index in [9.17, 15) is 13.6 Å². The van der Waals surface area contributed by atoms with Gasteiger partial charge in [-0.3, -0.25) is 4.79 Å². The molecule has 0 aliphatic carbocycles. The summed E-state index contributed by atoms with van der Waals surface area (Å²) in [6.07, 6.45) is 1.24. The number of rotatable bonds is 5. The number of anilines is 1. The number of para-hydroxylation sites is 1. The number of amides is 1. The molecule has 0 saturated heterocycles. The van der Waals surface area contributed by atoms with Crippen molar-refractivity contribution in [2.24, 2.45) is 5.10 Å². The van der Waals surface area contributed by atoms with E-state index in [0.29, 0.717) is 5.56 Å². The molecule has 2 N–H and O–H groups in total. The van der Waals surface area contributed by atoms with Crippen LogP contribution in [0.1, 0.15) is 5.56 Å². The Labute approximate surface area is 120 Å². The van der Waals surface area contributed by atoms with Crippen LogP contribution in [0.2, 0.25) is 0 Å². The quantitative estimate of drug-likeness (QED) is 0.656. The van der Waals surface area contributed by atoms with Crippen LogP contribution < -0.4 is 10.7 Å². The Balaban J connectivity index is 1.80. The van der Waals surface area contributed by atoms with E-state index in [1.807, 2.05) is 30.3 Å². The summed E-state index contributed by atoms with van der Waals surface area (Å²) in [7, 11) is 0. The Kier molecular flexibility index (Phi) is 4.98. The molecule has 4 nitrogen and oxygen atoms in total.